The van der Waals surface area contributed by atoms with Crippen LogP contribution in [0.4, 0.5) is 18.0 Å². The lowest BCUT2D eigenvalue weighted by Crippen LogP contribution is -2.57. The van der Waals surface area contributed by atoms with Crippen LogP contribution in [0.1, 0.15) is 5.56 Å². The normalized spacial score (nSPS) is 20.2. The molecule has 9 heteroatoms. The molecule has 1 aromatic rings. The molecule has 1 saturated heterocycles. The van der Waals surface area contributed by atoms with Crippen LogP contribution in [-0.2, 0) is 11.2 Å². The Labute approximate surface area is 149 Å². The third-order valence-electron chi connectivity index (χ3n) is 4.17. The molecule has 0 spiro atoms. The molecular weight excluding hydrogens is 353 g/mol. The van der Waals surface area contributed by atoms with Crippen LogP contribution in [0.15, 0.2) is 30.3 Å². The number of aliphatic hydroxyl groups excluding tert-OH is 1. The van der Waals surface area contributed by atoms with E-state index in [0.29, 0.717) is 19.5 Å². The Hall–Kier alpha value is -1.84. The first-order chi connectivity index (χ1) is 12.2. The zero-order valence-electron chi connectivity index (χ0n) is 14.2. The third-order valence-corrected chi connectivity index (χ3v) is 4.17. The van der Waals surface area contributed by atoms with Crippen LogP contribution in [0.25, 0.3) is 0 Å². The summed E-state index contributed by atoms with van der Waals surface area (Å²) in [5, 5.41) is 19.3. The van der Waals surface area contributed by atoms with E-state index in [-0.39, 0.29) is 19.1 Å². The summed E-state index contributed by atoms with van der Waals surface area (Å²) < 4.78 is 40.7. The number of hydrogen-bond donors (Lipinski definition) is 2. The number of rotatable bonds is 7. The predicted octanol–water partition coefficient (Wildman–Crippen LogP) is 1.83. The lowest BCUT2D eigenvalue weighted by molar-refractivity contribution is -0.179. The fourth-order valence-corrected chi connectivity index (χ4v) is 3.06. The minimum absolute atomic E-state index is 0.136. The number of amides is 1. The van der Waals surface area contributed by atoms with Crippen molar-refractivity contribution in [2.24, 2.45) is 0 Å². The van der Waals surface area contributed by atoms with E-state index in [9.17, 15) is 28.2 Å². The van der Waals surface area contributed by atoms with Gasteiger partial charge in [-0.1, -0.05) is 30.3 Å². The van der Waals surface area contributed by atoms with Crippen LogP contribution in [0, 0.1) is 0 Å². The lowest BCUT2D eigenvalue weighted by atomic mass is 10.0. The highest BCUT2D eigenvalue weighted by Gasteiger charge is 2.32. The molecule has 0 saturated carbocycles. The molecule has 1 heterocycles. The Balaban J connectivity index is 1.88. The molecule has 1 aromatic carbocycles. The van der Waals surface area contributed by atoms with Crippen molar-refractivity contribution < 1.29 is 32.9 Å². The SMILES string of the molecule is O=C(O)N1CCN(CC(O)COCC(F)(F)F)CC1Cc1ccccc1. The minimum Gasteiger partial charge on any atom is -0.465 e. The summed E-state index contributed by atoms with van der Waals surface area (Å²) in [7, 11) is 0. The zero-order chi connectivity index (χ0) is 19.2. The first-order valence-electron chi connectivity index (χ1n) is 8.33. The zero-order valence-corrected chi connectivity index (χ0v) is 14.2. The molecule has 0 radical (unpaired) electrons. The standard InChI is InChI=1S/C17H23F3N2O4/c18-17(19,20)12-26-11-15(23)10-21-6-7-22(16(24)25)14(9-21)8-13-4-2-1-3-5-13/h1-5,14-15,23H,6-12H2,(H,24,25). The van der Waals surface area contributed by atoms with Crippen molar-refractivity contribution >= 4 is 6.09 Å². The molecule has 2 rings (SSSR count). The molecule has 1 fully saturated rings. The van der Waals surface area contributed by atoms with Crippen LogP contribution in [0.3, 0.4) is 0 Å². The molecule has 0 aromatic heterocycles. The van der Waals surface area contributed by atoms with Gasteiger partial charge in [-0.15, -0.1) is 0 Å². The van der Waals surface area contributed by atoms with Gasteiger partial charge >= 0.3 is 12.3 Å². The van der Waals surface area contributed by atoms with Gasteiger partial charge in [-0.25, -0.2) is 4.79 Å². The Morgan fingerprint density at radius 2 is 1.96 bits per heavy atom. The number of aliphatic hydroxyl groups is 1. The predicted molar refractivity (Wildman–Crippen MR) is 88.0 cm³/mol. The van der Waals surface area contributed by atoms with Gasteiger partial charge in [0.2, 0.25) is 0 Å². The van der Waals surface area contributed by atoms with Crippen molar-refractivity contribution in [2.75, 3.05) is 39.4 Å². The Kier molecular flexibility index (Phi) is 7.24. The molecule has 1 aliphatic rings. The molecule has 1 aliphatic heterocycles. The average molecular weight is 376 g/mol. The van der Waals surface area contributed by atoms with Crippen molar-refractivity contribution in [2.45, 2.75) is 24.7 Å². The van der Waals surface area contributed by atoms with Gasteiger partial charge in [-0.05, 0) is 12.0 Å². The monoisotopic (exact) mass is 376 g/mol. The second kappa shape index (κ2) is 9.20. The topological polar surface area (TPSA) is 73.2 Å². The molecule has 26 heavy (non-hydrogen) atoms. The number of ether oxygens (including phenoxy) is 1. The van der Waals surface area contributed by atoms with Crippen molar-refractivity contribution in [3.05, 3.63) is 35.9 Å². The lowest BCUT2D eigenvalue weighted by Gasteiger charge is -2.40. The number of halogens is 3. The molecule has 2 unspecified atom stereocenters. The third kappa shape index (κ3) is 6.81. The van der Waals surface area contributed by atoms with Gasteiger partial charge in [0.1, 0.15) is 6.61 Å². The maximum Gasteiger partial charge on any atom is 0.411 e. The van der Waals surface area contributed by atoms with E-state index in [4.69, 9.17) is 0 Å². The van der Waals surface area contributed by atoms with Crippen molar-refractivity contribution in [1.29, 1.82) is 0 Å². The number of hydrogen-bond acceptors (Lipinski definition) is 4. The van der Waals surface area contributed by atoms with Gasteiger partial charge in [0.05, 0.1) is 18.8 Å². The molecule has 2 N–H and O–H groups in total. The summed E-state index contributed by atoms with van der Waals surface area (Å²) in [5.74, 6) is 0. The number of carbonyl (C=O) groups is 1. The summed E-state index contributed by atoms with van der Waals surface area (Å²) in [6, 6.07) is 9.18. The highest BCUT2D eigenvalue weighted by molar-refractivity contribution is 5.65. The van der Waals surface area contributed by atoms with E-state index in [0.717, 1.165) is 5.56 Å². The fraction of sp³-hybridized carbons (Fsp3) is 0.588. The van der Waals surface area contributed by atoms with Gasteiger partial charge < -0.3 is 19.8 Å². The quantitative estimate of drug-likeness (QED) is 0.760. The average Bonchev–Trinajstić information content (AvgIpc) is 2.54. The second-order valence-electron chi connectivity index (χ2n) is 6.36. The molecule has 1 amide bonds. The highest BCUT2D eigenvalue weighted by atomic mass is 19.4. The second-order valence-corrected chi connectivity index (χ2v) is 6.36. The molecular formula is C17H23F3N2O4. The van der Waals surface area contributed by atoms with E-state index in [1.54, 1.807) is 0 Å². The maximum atomic E-state index is 12.1. The van der Waals surface area contributed by atoms with Crippen molar-refractivity contribution in [1.82, 2.24) is 9.80 Å². The van der Waals surface area contributed by atoms with Crippen LogP contribution < -0.4 is 0 Å². The summed E-state index contributed by atoms with van der Waals surface area (Å²) in [6.45, 7) is -0.583. The van der Waals surface area contributed by atoms with Crippen LogP contribution in [0.5, 0.6) is 0 Å². The van der Waals surface area contributed by atoms with Gasteiger partial charge in [0.15, 0.2) is 0 Å². The van der Waals surface area contributed by atoms with Gasteiger partial charge in [0.25, 0.3) is 0 Å². The number of nitrogens with zero attached hydrogens (tertiary/aromatic N) is 2. The van der Waals surface area contributed by atoms with Crippen LogP contribution in [-0.4, -0.2) is 83.8 Å². The van der Waals surface area contributed by atoms with E-state index in [1.165, 1.54) is 4.90 Å². The van der Waals surface area contributed by atoms with E-state index < -0.39 is 31.6 Å². The largest absolute Gasteiger partial charge is 0.465 e. The molecule has 0 aliphatic carbocycles. The van der Waals surface area contributed by atoms with Crippen molar-refractivity contribution in [3.63, 3.8) is 0 Å². The van der Waals surface area contributed by atoms with Gasteiger partial charge in [-0.2, -0.15) is 13.2 Å². The van der Waals surface area contributed by atoms with Gasteiger partial charge in [-0.3, -0.25) is 4.90 Å². The molecule has 146 valence electrons. The van der Waals surface area contributed by atoms with E-state index >= 15 is 0 Å². The van der Waals surface area contributed by atoms with Crippen LogP contribution >= 0.6 is 0 Å². The summed E-state index contributed by atoms with van der Waals surface area (Å²) >= 11 is 0. The van der Waals surface area contributed by atoms with Gasteiger partial charge in [0, 0.05) is 26.2 Å². The number of carboxylic acid groups (broad SMARTS) is 1. The number of piperazine rings is 1. The van der Waals surface area contributed by atoms with E-state index in [1.807, 2.05) is 35.2 Å². The van der Waals surface area contributed by atoms with Crippen molar-refractivity contribution in [3.8, 4) is 0 Å². The molecule has 6 nitrogen and oxygen atoms in total. The Morgan fingerprint density at radius 1 is 1.27 bits per heavy atom. The summed E-state index contributed by atoms with van der Waals surface area (Å²) in [6.07, 6.45) is -5.96. The Bertz CT molecular complexity index is 571. The first-order valence-corrected chi connectivity index (χ1v) is 8.33. The van der Waals surface area contributed by atoms with Crippen LogP contribution in [0.2, 0.25) is 0 Å². The number of alkyl halides is 3. The maximum absolute atomic E-state index is 12.1. The van der Waals surface area contributed by atoms with E-state index in [2.05, 4.69) is 4.74 Å². The number of β-amino-alcohol motifs (C(OH)–C–C–N with tert-alkyl or cyclic N) is 1. The summed E-state index contributed by atoms with van der Waals surface area (Å²) in [5.41, 5.74) is 1.000. The first kappa shape index (κ1) is 20.5. The molecule has 0 bridgehead atoms. The molecule has 2 atom stereocenters. The highest BCUT2D eigenvalue weighted by Crippen LogP contribution is 2.17. The number of benzene rings is 1. The minimum atomic E-state index is -4.42. The fourth-order valence-electron chi connectivity index (χ4n) is 3.06. The summed E-state index contributed by atoms with van der Waals surface area (Å²) in [4.78, 5) is 14.7. The Morgan fingerprint density at radius 3 is 2.58 bits per heavy atom. The smallest absolute Gasteiger partial charge is 0.411 e.